The average Bonchev–Trinajstić information content (AvgIpc) is 3.29. The van der Waals surface area contributed by atoms with Crippen LogP contribution in [0.25, 0.3) is 0 Å². The number of hydrogen-bond donors (Lipinski definition) is 0. The van der Waals surface area contributed by atoms with Gasteiger partial charge in [-0.1, -0.05) is 36.4 Å². The molecular weight excluding hydrogens is 394 g/mol. The Morgan fingerprint density at radius 2 is 1.71 bits per heavy atom. The number of carbonyl (C=O) groups is 1. The SMILES string of the molecule is CN1C(=O)C2(COc3cc4c(cc32)OCCO4)c2c(OCc3ccccc3)cccc21. The number of rotatable bonds is 3. The number of amides is 1. The Morgan fingerprint density at radius 3 is 2.52 bits per heavy atom. The fourth-order valence-electron chi connectivity index (χ4n) is 4.76. The maximum Gasteiger partial charge on any atom is 0.245 e. The van der Waals surface area contributed by atoms with E-state index in [4.69, 9.17) is 18.9 Å². The molecule has 0 saturated carbocycles. The first-order chi connectivity index (χ1) is 15.2. The molecule has 0 aromatic heterocycles. The monoisotopic (exact) mass is 415 g/mol. The highest BCUT2D eigenvalue weighted by Crippen LogP contribution is 2.56. The first-order valence-corrected chi connectivity index (χ1v) is 10.3. The number of anilines is 1. The van der Waals surface area contributed by atoms with Crippen molar-refractivity contribution < 1.29 is 23.7 Å². The first-order valence-electron chi connectivity index (χ1n) is 10.3. The minimum absolute atomic E-state index is 0.0336. The molecule has 0 N–H and O–H groups in total. The largest absolute Gasteiger partial charge is 0.491 e. The van der Waals surface area contributed by atoms with E-state index < -0.39 is 5.41 Å². The molecule has 156 valence electrons. The van der Waals surface area contributed by atoms with Gasteiger partial charge >= 0.3 is 0 Å². The molecule has 0 saturated heterocycles. The third kappa shape index (κ3) is 2.54. The van der Waals surface area contributed by atoms with Crippen LogP contribution in [0.1, 0.15) is 16.7 Å². The van der Waals surface area contributed by atoms with Crippen LogP contribution < -0.4 is 23.8 Å². The predicted octanol–water partition coefficient (Wildman–Crippen LogP) is 3.69. The average molecular weight is 415 g/mol. The van der Waals surface area contributed by atoms with Crippen molar-refractivity contribution in [3.8, 4) is 23.0 Å². The minimum Gasteiger partial charge on any atom is -0.491 e. The van der Waals surface area contributed by atoms with E-state index in [1.165, 1.54) is 0 Å². The quantitative estimate of drug-likeness (QED) is 0.653. The minimum atomic E-state index is -0.970. The molecule has 31 heavy (non-hydrogen) atoms. The van der Waals surface area contributed by atoms with Gasteiger partial charge in [0.05, 0.1) is 5.69 Å². The van der Waals surface area contributed by atoms with Crippen molar-refractivity contribution in [2.75, 3.05) is 31.8 Å². The Kier molecular flexibility index (Phi) is 3.90. The highest BCUT2D eigenvalue weighted by molar-refractivity contribution is 6.12. The van der Waals surface area contributed by atoms with Gasteiger partial charge in [-0.2, -0.15) is 0 Å². The van der Waals surface area contributed by atoms with Crippen LogP contribution in [-0.4, -0.2) is 32.8 Å². The number of benzene rings is 3. The fourth-order valence-corrected chi connectivity index (χ4v) is 4.76. The lowest BCUT2D eigenvalue weighted by Crippen LogP contribution is -2.41. The van der Waals surface area contributed by atoms with Crippen LogP contribution in [0.5, 0.6) is 23.0 Å². The molecule has 1 unspecified atom stereocenters. The van der Waals surface area contributed by atoms with Crippen LogP contribution in [0, 0.1) is 0 Å². The van der Waals surface area contributed by atoms with E-state index in [0.29, 0.717) is 42.8 Å². The van der Waals surface area contributed by atoms with Gasteiger partial charge in [0.2, 0.25) is 5.91 Å². The van der Waals surface area contributed by atoms with Crippen molar-refractivity contribution in [2.24, 2.45) is 0 Å². The second-order valence-electron chi connectivity index (χ2n) is 7.97. The number of likely N-dealkylation sites (N-methyl/N-ethyl adjacent to an activating group) is 1. The summed E-state index contributed by atoms with van der Waals surface area (Å²) in [6.45, 7) is 1.61. The third-order valence-corrected chi connectivity index (χ3v) is 6.25. The Hall–Kier alpha value is -3.67. The van der Waals surface area contributed by atoms with Crippen molar-refractivity contribution in [3.63, 3.8) is 0 Å². The highest BCUT2D eigenvalue weighted by atomic mass is 16.6. The molecule has 1 amide bonds. The first kappa shape index (κ1) is 18.1. The maximum absolute atomic E-state index is 13.7. The summed E-state index contributed by atoms with van der Waals surface area (Å²) in [4.78, 5) is 15.4. The summed E-state index contributed by atoms with van der Waals surface area (Å²) in [6.07, 6.45) is 0. The number of hydrogen-bond acceptors (Lipinski definition) is 5. The van der Waals surface area contributed by atoms with Crippen molar-refractivity contribution >= 4 is 11.6 Å². The molecule has 3 heterocycles. The molecular formula is C25H21NO5. The Labute approximate surface area is 179 Å². The lowest BCUT2D eigenvalue weighted by atomic mass is 9.76. The summed E-state index contributed by atoms with van der Waals surface area (Å²) in [7, 11) is 1.80. The predicted molar refractivity (Wildman–Crippen MR) is 114 cm³/mol. The summed E-state index contributed by atoms with van der Waals surface area (Å²) in [5.41, 5.74) is 2.57. The van der Waals surface area contributed by atoms with Crippen LogP contribution >= 0.6 is 0 Å². The Bertz CT molecular complexity index is 1190. The number of ether oxygens (including phenoxy) is 4. The molecule has 6 nitrogen and oxygen atoms in total. The molecule has 0 fully saturated rings. The van der Waals surface area contributed by atoms with Gasteiger partial charge in [0.1, 0.15) is 43.3 Å². The molecule has 0 bridgehead atoms. The molecule has 3 aliphatic heterocycles. The second-order valence-corrected chi connectivity index (χ2v) is 7.97. The third-order valence-electron chi connectivity index (χ3n) is 6.25. The molecule has 1 spiro atoms. The standard InChI is InChI=1S/C25H21NO5/c1-26-18-8-5-9-19(30-14-16-6-3-2-4-7-16)23(18)25(24(26)27)15-31-20-13-22-21(12-17(20)25)28-10-11-29-22/h2-9,12-13H,10-11,14-15H2,1H3. The number of carbonyl (C=O) groups excluding carboxylic acids is 1. The van der Waals surface area contributed by atoms with Crippen LogP contribution in [0.3, 0.4) is 0 Å². The number of nitrogens with zero attached hydrogens (tertiary/aromatic N) is 1. The van der Waals surface area contributed by atoms with Gasteiger partial charge in [0.15, 0.2) is 11.5 Å². The normalized spacial score (nSPS) is 20.4. The van der Waals surface area contributed by atoms with Gasteiger partial charge in [0, 0.05) is 24.2 Å². The van der Waals surface area contributed by atoms with E-state index in [0.717, 1.165) is 22.4 Å². The van der Waals surface area contributed by atoms with E-state index >= 15 is 0 Å². The van der Waals surface area contributed by atoms with Crippen LogP contribution in [0.2, 0.25) is 0 Å². The zero-order valence-corrected chi connectivity index (χ0v) is 17.1. The van der Waals surface area contributed by atoms with E-state index in [1.807, 2.05) is 60.7 Å². The molecule has 6 rings (SSSR count). The molecule has 3 aromatic rings. The zero-order chi connectivity index (χ0) is 21.0. The maximum atomic E-state index is 13.7. The van der Waals surface area contributed by atoms with E-state index in [1.54, 1.807) is 11.9 Å². The van der Waals surface area contributed by atoms with E-state index in [-0.39, 0.29) is 12.5 Å². The summed E-state index contributed by atoms with van der Waals surface area (Å²) in [5.74, 6) is 2.59. The van der Waals surface area contributed by atoms with Gasteiger partial charge in [0.25, 0.3) is 0 Å². The van der Waals surface area contributed by atoms with Gasteiger partial charge < -0.3 is 23.8 Å². The molecule has 6 heteroatoms. The molecule has 0 radical (unpaired) electrons. The van der Waals surface area contributed by atoms with Crippen LogP contribution in [0.4, 0.5) is 5.69 Å². The molecule has 3 aromatic carbocycles. The van der Waals surface area contributed by atoms with E-state index in [2.05, 4.69) is 0 Å². The highest BCUT2D eigenvalue weighted by Gasteiger charge is 2.58. The van der Waals surface area contributed by atoms with Gasteiger partial charge in [-0.15, -0.1) is 0 Å². The summed E-state index contributed by atoms with van der Waals surface area (Å²) in [5, 5.41) is 0. The smallest absolute Gasteiger partial charge is 0.245 e. The van der Waals surface area contributed by atoms with Gasteiger partial charge in [-0.3, -0.25) is 4.79 Å². The van der Waals surface area contributed by atoms with Gasteiger partial charge in [-0.05, 0) is 23.8 Å². The van der Waals surface area contributed by atoms with Crippen LogP contribution in [-0.2, 0) is 16.8 Å². The Balaban J connectivity index is 1.49. The van der Waals surface area contributed by atoms with Crippen molar-refractivity contribution in [3.05, 3.63) is 77.4 Å². The summed E-state index contributed by atoms with van der Waals surface area (Å²) >= 11 is 0. The molecule has 0 aliphatic carbocycles. The van der Waals surface area contributed by atoms with Crippen molar-refractivity contribution in [1.29, 1.82) is 0 Å². The van der Waals surface area contributed by atoms with Crippen molar-refractivity contribution in [2.45, 2.75) is 12.0 Å². The fraction of sp³-hybridized carbons (Fsp3) is 0.240. The van der Waals surface area contributed by atoms with Gasteiger partial charge in [-0.25, -0.2) is 0 Å². The zero-order valence-electron chi connectivity index (χ0n) is 17.1. The molecule has 1 atom stereocenters. The van der Waals surface area contributed by atoms with Crippen molar-refractivity contribution in [1.82, 2.24) is 0 Å². The summed E-state index contributed by atoms with van der Waals surface area (Å²) in [6, 6.07) is 19.5. The summed E-state index contributed by atoms with van der Waals surface area (Å²) < 4.78 is 23.8. The van der Waals surface area contributed by atoms with Crippen LogP contribution in [0.15, 0.2) is 60.7 Å². The lowest BCUT2D eigenvalue weighted by molar-refractivity contribution is -0.121. The Morgan fingerprint density at radius 1 is 0.935 bits per heavy atom. The number of fused-ring (bicyclic) bond motifs is 5. The topological polar surface area (TPSA) is 57.2 Å². The van der Waals surface area contributed by atoms with E-state index in [9.17, 15) is 4.79 Å². The second kappa shape index (κ2) is 6.67. The lowest BCUT2D eigenvalue weighted by Gasteiger charge is -2.25. The molecule has 3 aliphatic rings.